The number of rotatable bonds is 6. The monoisotopic (exact) mass is 273 g/mol. The Morgan fingerprint density at radius 1 is 1.15 bits per heavy atom. The highest BCUT2D eigenvalue weighted by atomic mass is 19.1. The van der Waals surface area contributed by atoms with Gasteiger partial charge < -0.3 is 10.1 Å². The Hall–Kier alpha value is -1.87. The second-order valence-electron chi connectivity index (χ2n) is 4.84. The fourth-order valence-corrected chi connectivity index (χ4v) is 1.93. The van der Waals surface area contributed by atoms with Gasteiger partial charge in [-0.15, -0.1) is 0 Å². The van der Waals surface area contributed by atoms with Crippen LogP contribution in [0.15, 0.2) is 42.5 Å². The topological polar surface area (TPSA) is 21.3 Å². The SMILES string of the molecule is CCCNCc1ccc(C)c(Oc2cccc(F)c2)c1. The molecule has 0 saturated heterocycles. The molecular formula is C17H20FNO. The van der Waals surface area contributed by atoms with E-state index < -0.39 is 0 Å². The third-order valence-electron chi connectivity index (χ3n) is 3.03. The van der Waals surface area contributed by atoms with E-state index in [1.807, 2.05) is 19.1 Å². The minimum absolute atomic E-state index is 0.291. The van der Waals surface area contributed by atoms with Gasteiger partial charge in [-0.1, -0.05) is 25.1 Å². The van der Waals surface area contributed by atoms with Crippen molar-refractivity contribution in [3.8, 4) is 11.5 Å². The van der Waals surface area contributed by atoms with Gasteiger partial charge in [-0.25, -0.2) is 4.39 Å². The first kappa shape index (κ1) is 14.5. The lowest BCUT2D eigenvalue weighted by molar-refractivity contribution is 0.472. The van der Waals surface area contributed by atoms with Gasteiger partial charge in [-0.05, 0) is 49.2 Å². The van der Waals surface area contributed by atoms with Gasteiger partial charge in [0, 0.05) is 12.6 Å². The molecule has 1 N–H and O–H groups in total. The van der Waals surface area contributed by atoms with Gasteiger partial charge in [-0.3, -0.25) is 0 Å². The third kappa shape index (κ3) is 4.07. The van der Waals surface area contributed by atoms with E-state index in [2.05, 4.69) is 18.3 Å². The molecule has 0 amide bonds. The van der Waals surface area contributed by atoms with Crippen molar-refractivity contribution in [3.63, 3.8) is 0 Å². The minimum Gasteiger partial charge on any atom is -0.457 e. The Morgan fingerprint density at radius 3 is 2.75 bits per heavy atom. The number of halogens is 1. The molecule has 2 rings (SSSR count). The Balaban J connectivity index is 2.12. The van der Waals surface area contributed by atoms with Crippen molar-refractivity contribution < 1.29 is 9.13 Å². The predicted molar refractivity (Wildman–Crippen MR) is 79.7 cm³/mol. The highest BCUT2D eigenvalue weighted by Gasteiger charge is 2.04. The van der Waals surface area contributed by atoms with Crippen LogP contribution in [0.5, 0.6) is 11.5 Å². The molecule has 0 aromatic heterocycles. The van der Waals surface area contributed by atoms with Gasteiger partial charge in [0.1, 0.15) is 17.3 Å². The van der Waals surface area contributed by atoms with Crippen LogP contribution in [0.2, 0.25) is 0 Å². The number of hydrogen-bond acceptors (Lipinski definition) is 2. The Morgan fingerprint density at radius 2 is 2.00 bits per heavy atom. The zero-order valence-corrected chi connectivity index (χ0v) is 11.9. The lowest BCUT2D eigenvalue weighted by atomic mass is 10.1. The molecule has 20 heavy (non-hydrogen) atoms. The van der Waals surface area contributed by atoms with Crippen LogP contribution in [-0.2, 0) is 6.54 Å². The Kier molecular flexibility index (Phi) is 5.13. The molecule has 106 valence electrons. The van der Waals surface area contributed by atoms with Crippen molar-refractivity contribution >= 4 is 0 Å². The normalized spacial score (nSPS) is 10.6. The zero-order valence-electron chi connectivity index (χ0n) is 11.9. The lowest BCUT2D eigenvalue weighted by Crippen LogP contribution is -2.13. The van der Waals surface area contributed by atoms with Crippen LogP contribution in [0.3, 0.4) is 0 Å². The summed E-state index contributed by atoms with van der Waals surface area (Å²) in [6.45, 7) is 5.93. The summed E-state index contributed by atoms with van der Waals surface area (Å²) in [4.78, 5) is 0. The van der Waals surface area contributed by atoms with E-state index in [9.17, 15) is 4.39 Å². The summed E-state index contributed by atoms with van der Waals surface area (Å²) < 4.78 is 18.9. The van der Waals surface area contributed by atoms with Gasteiger partial charge in [0.05, 0.1) is 0 Å². The predicted octanol–water partition coefficient (Wildman–Crippen LogP) is 4.43. The average molecular weight is 273 g/mol. The van der Waals surface area contributed by atoms with Crippen LogP contribution >= 0.6 is 0 Å². The summed E-state index contributed by atoms with van der Waals surface area (Å²) in [5.41, 5.74) is 2.20. The summed E-state index contributed by atoms with van der Waals surface area (Å²) in [7, 11) is 0. The van der Waals surface area contributed by atoms with Gasteiger partial charge in [0.25, 0.3) is 0 Å². The number of hydrogen-bond donors (Lipinski definition) is 1. The minimum atomic E-state index is -0.291. The van der Waals surface area contributed by atoms with Crippen LogP contribution in [-0.4, -0.2) is 6.54 Å². The number of benzene rings is 2. The van der Waals surface area contributed by atoms with E-state index in [-0.39, 0.29) is 5.82 Å². The molecule has 0 heterocycles. The Labute approximate surface area is 119 Å². The molecule has 0 atom stereocenters. The standard InChI is InChI=1S/C17H20FNO/c1-3-9-19-12-14-8-7-13(2)17(10-14)20-16-6-4-5-15(18)11-16/h4-8,10-11,19H,3,9,12H2,1-2H3. The maximum Gasteiger partial charge on any atom is 0.130 e. The highest BCUT2D eigenvalue weighted by Crippen LogP contribution is 2.26. The highest BCUT2D eigenvalue weighted by molar-refractivity contribution is 5.40. The lowest BCUT2D eigenvalue weighted by Gasteiger charge is -2.11. The van der Waals surface area contributed by atoms with E-state index in [0.29, 0.717) is 5.75 Å². The first-order chi connectivity index (χ1) is 9.69. The van der Waals surface area contributed by atoms with Gasteiger partial charge in [0.15, 0.2) is 0 Å². The van der Waals surface area contributed by atoms with Crippen LogP contribution in [0.25, 0.3) is 0 Å². The first-order valence-electron chi connectivity index (χ1n) is 6.92. The smallest absolute Gasteiger partial charge is 0.130 e. The van der Waals surface area contributed by atoms with Crippen molar-refractivity contribution in [2.24, 2.45) is 0 Å². The molecule has 0 radical (unpaired) electrons. The van der Waals surface area contributed by atoms with Crippen LogP contribution in [0.1, 0.15) is 24.5 Å². The molecule has 0 fully saturated rings. The van der Waals surface area contributed by atoms with E-state index in [0.717, 1.165) is 36.4 Å². The van der Waals surface area contributed by atoms with Crippen molar-refractivity contribution in [2.75, 3.05) is 6.54 Å². The summed E-state index contributed by atoms with van der Waals surface area (Å²) >= 11 is 0. The second kappa shape index (κ2) is 7.06. The summed E-state index contributed by atoms with van der Waals surface area (Å²) in [6, 6.07) is 12.3. The molecule has 0 saturated carbocycles. The molecule has 2 aromatic carbocycles. The van der Waals surface area contributed by atoms with E-state index in [4.69, 9.17) is 4.74 Å². The molecule has 3 heteroatoms. The first-order valence-corrected chi connectivity index (χ1v) is 6.92. The molecule has 0 aliphatic rings. The van der Waals surface area contributed by atoms with Gasteiger partial charge >= 0.3 is 0 Å². The van der Waals surface area contributed by atoms with Gasteiger partial charge in [-0.2, -0.15) is 0 Å². The van der Waals surface area contributed by atoms with Crippen molar-refractivity contribution in [1.82, 2.24) is 5.32 Å². The van der Waals surface area contributed by atoms with Gasteiger partial charge in [0.2, 0.25) is 0 Å². The summed E-state index contributed by atoms with van der Waals surface area (Å²) in [6.07, 6.45) is 1.11. The van der Waals surface area contributed by atoms with Crippen LogP contribution in [0, 0.1) is 12.7 Å². The molecule has 0 aliphatic carbocycles. The van der Waals surface area contributed by atoms with Crippen LogP contribution < -0.4 is 10.1 Å². The summed E-state index contributed by atoms with van der Waals surface area (Å²) in [5, 5.41) is 3.36. The Bertz CT molecular complexity index is 569. The molecule has 0 aliphatic heterocycles. The van der Waals surface area contributed by atoms with E-state index >= 15 is 0 Å². The second-order valence-corrected chi connectivity index (χ2v) is 4.84. The maximum absolute atomic E-state index is 13.2. The van der Waals surface area contributed by atoms with Crippen molar-refractivity contribution in [1.29, 1.82) is 0 Å². The fourth-order valence-electron chi connectivity index (χ4n) is 1.93. The number of aryl methyl sites for hydroxylation is 1. The molecule has 0 unspecified atom stereocenters. The molecular weight excluding hydrogens is 253 g/mol. The van der Waals surface area contributed by atoms with Crippen LogP contribution in [0.4, 0.5) is 4.39 Å². The van der Waals surface area contributed by atoms with Crippen molar-refractivity contribution in [2.45, 2.75) is 26.8 Å². The quantitative estimate of drug-likeness (QED) is 0.786. The number of ether oxygens (including phenoxy) is 1. The summed E-state index contributed by atoms with van der Waals surface area (Å²) in [5.74, 6) is 0.999. The molecule has 2 nitrogen and oxygen atoms in total. The molecule has 0 spiro atoms. The van der Waals surface area contributed by atoms with Crippen molar-refractivity contribution in [3.05, 3.63) is 59.4 Å². The van der Waals surface area contributed by atoms with E-state index in [1.165, 1.54) is 12.1 Å². The third-order valence-corrected chi connectivity index (χ3v) is 3.03. The number of nitrogens with one attached hydrogen (secondary N) is 1. The average Bonchev–Trinajstić information content (AvgIpc) is 2.43. The maximum atomic E-state index is 13.2. The largest absolute Gasteiger partial charge is 0.457 e. The molecule has 2 aromatic rings. The van der Waals surface area contributed by atoms with E-state index in [1.54, 1.807) is 12.1 Å². The zero-order chi connectivity index (χ0) is 14.4. The fraction of sp³-hybridized carbons (Fsp3) is 0.294. The molecule has 0 bridgehead atoms.